The number of hydrogen-bond donors (Lipinski definition) is 1. The van der Waals surface area contributed by atoms with E-state index in [4.69, 9.17) is 5.11 Å². The van der Waals surface area contributed by atoms with Crippen LogP contribution in [0.1, 0.15) is 59.3 Å². The lowest BCUT2D eigenvalue weighted by Gasteiger charge is -1.86. The smallest absolute Gasteiger partial charge is 0.0430 e. The largest absolute Gasteiger partial charge is 0.412 e. The maximum absolute atomic E-state index is 8.07. The first-order valence-corrected chi connectivity index (χ1v) is 4.94. The van der Waals surface area contributed by atoms with E-state index in [1.807, 2.05) is 0 Å². The van der Waals surface area contributed by atoms with Gasteiger partial charge in [-0.3, -0.25) is 0 Å². The first-order valence-electron chi connectivity index (χ1n) is 4.94. The van der Waals surface area contributed by atoms with Crippen molar-refractivity contribution in [3.63, 3.8) is 0 Å². The first kappa shape index (κ1) is 17.9. The highest BCUT2D eigenvalue weighted by atomic mass is 16.2. The molecule has 0 heterocycles. The maximum Gasteiger partial charge on any atom is 0.0430 e. The van der Waals surface area contributed by atoms with Crippen molar-refractivity contribution in [2.24, 2.45) is 0 Å². The molecule has 0 fully saturated rings. The monoisotopic (exact) mass is 178 g/mol. The van der Waals surface area contributed by atoms with Crippen LogP contribution in [0.25, 0.3) is 0 Å². The Kier molecular flexibility index (Phi) is 33.4. The molecule has 78 valence electrons. The van der Waals surface area contributed by atoms with Crippen LogP contribution < -0.4 is 0 Å². The molecule has 0 unspecified atom stereocenters. The maximum atomic E-state index is 8.07. The van der Waals surface area contributed by atoms with Crippen molar-refractivity contribution >= 4 is 0 Å². The number of hydrogen-bond acceptors (Lipinski definition) is 1. The number of rotatable bonds is 5. The average molecular weight is 178 g/mol. The fourth-order valence-corrected chi connectivity index (χ4v) is 0.658. The van der Waals surface area contributed by atoms with Gasteiger partial charge in [-0.25, -0.2) is 0 Å². The molecule has 0 bridgehead atoms. The van der Waals surface area contributed by atoms with E-state index < -0.39 is 0 Å². The Bertz CT molecular complexity index is 41.1. The second kappa shape index (κ2) is 22.4. The van der Waals surface area contributed by atoms with Gasteiger partial charge in [-0.1, -0.05) is 52.9 Å². The van der Waals surface area contributed by atoms with Crippen LogP contribution in [0.3, 0.4) is 0 Å². The second-order valence-corrected chi connectivity index (χ2v) is 2.78. The van der Waals surface area contributed by atoms with Gasteiger partial charge in [-0.05, 0) is 6.42 Å². The molecule has 0 saturated heterocycles. The van der Waals surface area contributed by atoms with Crippen LogP contribution in [-0.2, 0) is 0 Å². The van der Waals surface area contributed by atoms with E-state index in [9.17, 15) is 0 Å². The molecule has 0 rings (SSSR count). The summed E-state index contributed by atoms with van der Waals surface area (Å²) in [4.78, 5) is 0. The van der Waals surface area contributed by atoms with Crippen LogP contribution in [0.15, 0.2) is 0 Å². The predicted octanol–water partition coefficient (Wildman–Crippen LogP) is 2.54. The van der Waals surface area contributed by atoms with Crippen molar-refractivity contribution in [1.29, 1.82) is 0 Å². The Morgan fingerprint density at radius 2 is 1.08 bits per heavy atom. The second-order valence-electron chi connectivity index (χ2n) is 2.78. The van der Waals surface area contributed by atoms with Gasteiger partial charge >= 0.3 is 0 Å². The molecule has 3 N–H and O–H groups in total. The van der Waals surface area contributed by atoms with E-state index in [-0.39, 0.29) is 5.48 Å². The number of aliphatic hydroxyl groups excluding tert-OH is 1. The summed E-state index contributed by atoms with van der Waals surface area (Å²) >= 11 is 0. The lowest BCUT2D eigenvalue weighted by molar-refractivity contribution is 0.287. The highest BCUT2D eigenvalue weighted by Crippen LogP contribution is 1.95. The Labute approximate surface area is 77.3 Å². The molecule has 0 aliphatic heterocycles. The zero-order valence-electron chi connectivity index (χ0n) is 8.90. The molecule has 0 aromatic heterocycles. The Balaban J connectivity index is -0.000000126. The summed E-state index contributed by atoms with van der Waals surface area (Å²) in [6.45, 7) is 6.86. The Hall–Kier alpha value is -0.0800. The normalized spacial score (nSPS) is 8.00. The predicted molar refractivity (Wildman–Crippen MR) is 55.4 cm³/mol. The number of unbranched alkanes of at least 4 members (excludes halogenated alkanes) is 4. The zero-order valence-corrected chi connectivity index (χ0v) is 8.90. The third kappa shape index (κ3) is 32.6. The molecule has 0 amide bonds. The quantitative estimate of drug-likeness (QED) is 0.646. The molecule has 0 atom stereocenters. The van der Waals surface area contributed by atoms with E-state index in [2.05, 4.69) is 20.8 Å². The van der Waals surface area contributed by atoms with Crippen molar-refractivity contribution in [3.8, 4) is 0 Å². The molecule has 0 radical (unpaired) electrons. The summed E-state index contributed by atoms with van der Waals surface area (Å²) in [6, 6.07) is 0. The van der Waals surface area contributed by atoms with Crippen molar-refractivity contribution in [3.05, 3.63) is 0 Å². The summed E-state index contributed by atoms with van der Waals surface area (Å²) in [5.74, 6) is 0. The van der Waals surface area contributed by atoms with Gasteiger partial charge in [0.25, 0.3) is 0 Å². The van der Waals surface area contributed by atoms with E-state index in [1.165, 1.54) is 25.7 Å². The minimum atomic E-state index is 0. The van der Waals surface area contributed by atoms with E-state index in [0.717, 1.165) is 12.8 Å². The van der Waals surface area contributed by atoms with Crippen LogP contribution in [0.4, 0.5) is 0 Å². The van der Waals surface area contributed by atoms with Gasteiger partial charge in [0, 0.05) is 6.61 Å². The van der Waals surface area contributed by atoms with Crippen molar-refractivity contribution in [2.75, 3.05) is 6.61 Å². The number of aliphatic hydroxyl groups is 1. The van der Waals surface area contributed by atoms with Crippen molar-refractivity contribution < 1.29 is 10.6 Å². The highest BCUT2D eigenvalue weighted by molar-refractivity contribution is 4.31. The van der Waals surface area contributed by atoms with E-state index >= 15 is 0 Å². The van der Waals surface area contributed by atoms with Gasteiger partial charge in [-0.15, -0.1) is 0 Å². The van der Waals surface area contributed by atoms with E-state index in [0.29, 0.717) is 6.61 Å². The van der Waals surface area contributed by atoms with Crippen LogP contribution in [-0.4, -0.2) is 17.2 Å². The molecule has 0 spiro atoms. The molecule has 2 nitrogen and oxygen atoms in total. The van der Waals surface area contributed by atoms with Gasteiger partial charge in [0.05, 0.1) is 0 Å². The molecule has 0 aliphatic carbocycles. The third-order valence-electron chi connectivity index (χ3n) is 1.47. The van der Waals surface area contributed by atoms with E-state index in [1.54, 1.807) is 0 Å². The third-order valence-corrected chi connectivity index (χ3v) is 1.47. The summed E-state index contributed by atoms with van der Waals surface area (Å²) in [7, 11) is 0. The Morgan fingerprint density at radius 3 is 1.17 bits per heavy atom. The SMILES string of the molecule is CCCCCC.CCCCO.O. The van der Waals surface area contributed by atoms with Gasteiger partial charge < -0.3 is 10.6 Å². The molecular formula is C10H26O2. The highest BCUT2D eigenvalue weighted by Gasteiger charge is 1.75. The van der Waals surface area contributed by atoms with Gasteiger partial charge in [0.2, 0.25) is 0 Å². The molecule has 2 heteroatoms. The fourth-order valence-electron chi connectivity index (χ4n) is 0.658. The molecule has 12 heavy (non-hydrogen) atoms. The summed E-state index contributed by atoms with van der Waals surface area (Å²) < 4.78 is 0. The molecule has 0 aromatic carbocycles. The summed E-state index contributed by atoms with van der Waals surface area (Å²) in [6.07, 6.45) is 7.57. The van der Waals surface area contributed by atoms with Crippen molar-refractivity contribution in [2.45, 2.75) is 59.3 Å². The van der Waals surface area contributed by atoms with Crippen molar-refractivity contribution in [1.82, 2.24) is 0 Å². The van der Waals surface area contributed by atoms with Crippen LogP contribution in [0.5, 0.6) is 0 Å². The van der Waals surface area contributed by atoms with Gasteiger partial charge in [0.1, 0.15) is 0 Å². The molecule has 0 aliphatic rings. The lowest BCUT2D eigenvalue weighted by atomic mass is 10.2. The average Bonchev–Trinajstić information content (AvgIpc) is 2.04. The van der Waals surface area contributed by atoms with Crippen LogP contribution in [0, 0.1) is 0 Å². The zero-order chi connectivity index (χ0) is 8.95. The standard InChI is InChI=1S/C6H14.C4H10O.H2O/c1-3-5-6-4-2;1-2-3-4-5;/h3-6H2,1-2H3;5H,2-4H2,1H3;1H2. The molecule has 0 aromatic rings. The van der Waals surface area contributed by atoms with Gasteiger partial charge in [0.15, 0.2) is 0 Å². The minimum Gasteiger partial charge on any atom is -0.412 e. The Morgan fingerprint density at radius 1 is 0.750 bits per heavy atom. The first-order chi connectivity index (χ1) is 5.33. The van der Waals surface area contributed by atoms with Gasteiger partial charge in [-0.2, -0.15) is 0 Å². The summed E-state index contributed by atoms with van der Waals surface area (Å²) in [5.41, 5.74) is 0. The molecule has 0 saturated carbocycles. The topological polar surface area (TPSA) is 51.7 Å². The lowest BCUT2D eigenvalue weighted by Crippen LogP contribution is -1.75. The molecular weight excluding hydrogens is 152 g/mol. The summed E-state index contributed by atoms with van der Waals surface area (Å²) in [5, 5.41) is 8.07. The fraction of sp³-hybridized carbons (Fsp3) is 1.00. The van der Waals surface area contributed by atoms with Crippen LogP contribution in [0.2, 0.25) is 0 Å². The van der Waals surface area contributed by atoms with Crippen LogP contribution >= 0.6 is 0 Å². The minimum absolute atomic E-state index is 0.